The van der Waals surface area contributed by atoms with Crippen LogP contribution in [0.25, 0.3) is 0 Å². The summed E-state index contributed by atoms with van der Waals surface area (Å²) in [5.41, 5.74) is -0.0101. The van der Waals surface area contributed by atoms with Crippen LogP contribution < -0.4 is 10.6 Å². The minimum atomic E-state index is -4.50. The van der Waals surface area contributed by atoms with Crippen molar-refractivity contribution in [2.24, 2.45) is 7.05 Å². The van der Waals surface area contributed by atoms with E-state index < -0.39 is 22.9 Å². The molecule has 0 radical (unpaired) electrons. The van der Waals surface area contributed by atoms with Crippen LogP contribution in [0.5, 0.6) is 0 Å². The predicted molar refractivity (Wildman–Crippen MR) is 116 cm³/mol. The van der Waals surface area contributed by atoms with Crippen molar-refractivity contribution in [3.63, 3.8) is 0 Å². The highest BCUT2D eigenvalue weighted by atomic mass is 32.2. The topological polar surface area (TPSA) is 102 Å². The zero-order valence-electron chi connectivity index (χ0n) is 17.2. The lowest BCUT2D eigenvalue weighted by Crippen LogP contribution is -2.23. The van der Waals surface area contributed by atoms with Gasteiger partial charge < -0.3 is 15.2 Å². The zero-order chi connectivity index (χ0) is 23.5. The Bertz CT molecular complexity index is 1130. The first kappa shape index (κ1) is 23.7. The fourth-order valence-electron chi connectivity index (χ4n) is 2.55. The average molecular weight is 485 g/mol. The number of aromatic nitrogens is 4. The van der Waals surface area contributed by atoms with E-state index in [1.165, 1.54) is 23.5 Å². The third kappa shape index (κ3) is 6.07. The number of nitrogens with one attached hydrogen (secondary N) is 2. The van der Waals surface area contributed by atoms with Crippen molar-refractivity contribution in [3.8, 4) is 0 Å². The molecule has 2 amide bonds. The molecule has 3 aromatic rings. The second-order valence-corrected chi connectivity index (χ2v) is 8.97. The molecule has 0 spiro atoms. The Morgan fingerprint density at radius 2 is 2.00 bits per heavy atom. The van der Waals surface area contributed by atoms with Gasteiger partial charge in [-0.25, -0.2) is 4.98 Å². The van der Waals surface area contributed by atoms with E-state index in [1.807, 2.05) is 12.3 Å². The standard InChI is InChI=1S/C19H19F3N6O2S2/c1-10-9-31-17(23-10)25-16(30)11(2)32-18-27-26-14(28(18)3)8-15(29)24-13-6-4-5-12(7-13)19(20,21)22/h4-7,9,11H,8H2,1-3H3,(H,24,29)(H,23,25,30)/t11-/m0/s1. The third-order valence-electron chi connectivity index (χ3n) is 4.22. The Morgan fingerprint density at radius 1 is 1.25 bits per heavy atom. The number of amides is 2. The van der Waals surface area contributed by atoms with Crippen LogP contribution in [0.3, 0.4) is 0 Å². The number of thioether (sulfide) groups is 1. The van der Waals surface area contributed by atoms with Gasteiger partial charge in [-0.05, 0) is 32.0 Å². The molecular weight excluding hydrogens is 465 g/mol. The molecule has 0 saturated carbocycles. The van der Waals surface area contributed by atoms with Gasteiger partial charge in [0.05, 0.1) is 22.9 Å². The highest BCUT2D eigenvalue weighted by molar-refractivity contribution is 8.00. The molecular formula is C19H19F3N6O2S2. The Kier molecular flexibility index (Phi) is 7.19. The summed E-state index contributed by atoms with van der Waals surface area (Å²) >= 11 is 2.48. The maximum atomic E-state index is 12.8. The van der Waals surface area contributed by atoms with Gasteiger partial charge in [-0.2, -0.15) is 13.2 Å². The lowest BCUT2D eigenvalue weighted by atomic mass is 10.2. The van der Waals surface area contributed by atoms with Crippen molar-refractivity contribution in [2.75, 3.05) is 10.6 Å². The first-order valence-corrected chi connectivity index (χ1v) is 11.0. The van der Waals surface area contributed by atoms with Gasteiger partial charge in [0.1, 0.15) is 5.82 Å². The SMILES string of the molecule is Cc1csc(NC(=O)[C@H](C)Sc2nnc(CC(=O)Nc3cccc(C(F)(F)F)c3)n2C)n1. The second-order valence-electron chi connectivity index (χ2n) is 6.80. The highest BCUT2D eigenvalue weighted by Gasteiger charge is 2.30. The number of rotatable bonds is 7. The van der Waals surface area contributed by atoms with Gasteiger partial charge in [0.15, 0.2) is 10.3 Å². The van der Waals surface area contributed by atoms with Crippen molar-refractivity contribution >= 4 is 45.7 Å². The molecule has 1 aromatic carbocycles. The average Bonchev–Trinajstić information content (AvgIpc) is 3.27. The van der Waals surface area contributed by atoms with Gasteiger partial charge in [-0.3, -0.25) is 9.59 Å². The van der Waals surface area contributed by atoms with E-state index in [2.05, 4.69) is 25.8 Å². The fourth-order valence-corrected chi connectivity index (χ4v) is 4.08. The molecule has 2 aromatic heterocycles. The Morgan fingerprint density at radius 3 is 2.66 bits per heavy atom. The molecule has 3 rings (SSSR count). The van der Waals surface area contributed by atoms with E-state index in [9.17, 15) is 22.8 Å². The summed E-state index contributed by atoms with van der Waals surface area (Å²) in [5, 5.41) is 15.4. The lowest BCUT2D eigenvalue weighted by molar-refractivity contribution is -0.137. The van der Waals surface area contributed by atoms with Crippen LogP contribution in [0.2, 0.25) is 0 Å². The quantitative estimate of drug-likeness (QED) is 0.493. The van der Waals surface area contributed by atoms with Crippen LogP contribution in [0, 0.1) is 6.92 Å². The van der Waals surface area contributed by atoms with E-state index in [4.69, 9.17) is 0 Å². The minimum absolute atomic E-state index is 0.0318. The number of carbonyl (C=O) groups is 2. The van der Waals surface area contributed by atoms with Gasteiger partial charge in [0.2, 0.25) is 11.8 Å². The predicted octanol–water partition coefficient (Wildman–Crippen LogP) is 3.90. The number of thiazole rings is 1. The highest BCUT2D eigenvalue weighted by Crippen LogP contribution is 2.30. The van der Waals surface area contributed by atoms with Crippen LogP contribution in [-0.4, -0.2) is 36.8 Å². The van der Waals surface area contributed by atoms with E-state index in [1.54, 1.807) is 18.5 Å². The molecule has 2 heterocycles. The summed E-state index contributed by atoms with van der Waals surface area (Å²) in [5.74, 6) is -0.488. The molecule has 0 fully saturated rings. The molecule has 2 N–H and O–H groups in total. The number of halogens is 3. The second kappa shape index (κ2) is 9.69. The van der Waals surface area contributed by atoms with Gasteiger partial charge in [0.25, 0.3) is 0 Å². The Balaban J connectivity index is 1.59. The number of alkyl halides is 3. The fraction of sp³-hybridized carbons (Fsp3) is 0.316. The van der Waals surface area contributed by atoms with Crippen LogP contribution in [0.1, 0.15) is 24.0 Å². The summed E-state index contributed by atoms with van der Waals surface area (Å²) in [6.07, 6.45) is -4.70. The van der Waals surface area contributed by atoms with E-state index >= 15 is 0 Å². The number of carbonyl (C=O) groups excluding carboxylic acids is 2. The number of hydrogen-bond acceptors (Lipinski definition) is 7. The van der Waals surface area contributed by atoms with Crippen LogP contribution in [-0.2, 0) is 29.2 Å². The molecule has 13 heteroatoms. The smallest absolute Gasteiger partial charge is 0.326 e. The van der Waals surface area contributed by atoms with Gasteiger partial charge in [-0.15, -0.1) is 21.5 Å². The first-order chi connectivity index (χ1) is 15.0. The van der Waals surface area contributed by atoms with Gasteiger partial charge in [0, 0.05) is 18.1 Å². The maximum absolute atomic E-state index is 12.8. The molecule has 0 bridgehead atoms. The van der Waals surface area contributed by atoms with Crippen molar-refractivity contribution in [3.05, 3.63) is 46.7 Å². The van der Waals surface area contributed by atoms with E-state index in [-0.39, 0.29) is 18.0 Å². The monoisotopic (exact) mass is 484 g/mol. The number of benzene rings is 1. The number of nitrogens with zero attached hydrogens (tertiary/aromatic N) is 4. The Labute approximate surface area is 189 Å². The zero-order valence-corrected chi connectivity index (χ0v) is 18.9. The summed E-state index contributed by atoms with van der Waals surface area (Å²) in [6.45, 7) is 3.53. The summed E-state index contributed by atoms with van der Waals surface area (Å²) in [7, 11) is 1.64. The van der Waals surface area contributed by atoms with Crippen molar-refractivity contribution in [1.82, 2.24) is 19.7 Å². The summed E-state index contributed by atoms with van der Waals surface area (Å²) < 4.78 is 40.0. The number of hydrogen-bond donors (Lipinski definition) is 2. The number of anilines is 2. The van der Waals surface area contributed by atoms with Crippen molar-refractivity contribution in [1.29, 1.82) is 0 Å². The van der Waals surface area contributed by atoms with Gasteiger partial charge in [-0.1, -0.05) is 17.8 Å². The largest absolute Gasteiger partial charge is 0.416 e. The van der Waals surface area contributed by atoms with E-state index in [0.29, 0.717) is 16.1 Å². The summed E-state index contributed by atoms with van der Waals surface area (Å²) in [6, 6.07) is 4.37. The Hall–Kier alpha value is -2.93. The van der Waals surface area contributed by atoms with Crippen LogP contribution in [0.15, 0.2) is 34.8 Å². The molecule has 0 unspecified atom stereocenters. The third-order valence-corrected chi connectivity index (χ3v) is 6.23. The van der Waals surface area contributed by atoms with Crippen LogP contribution >= 0.6 is 23.1 Å². The lowest BCUT2D eigenvalue weighted by Gasteiger charge is -2.11. The molecule has 32 heavy (non-hydrogen) atoms. The molecule has 1 atom stereocenters. The van der Waals surface area contributed by atoms with E-state index in [0.717, 1.165) is 29.6 Å². The summed E-state index contributed by atoms with van der Waals surface area (Å²) in [4.78, 5) is 28.8. The maximum Gasteiger partial charge on any atom is 0.416 e. The normalized spacial score (nSPS) is 12.4. The molecule has 8 nitrogen and oxygen atoms in total. The number of aryl methyl sites for hydroxylation is 1. The minimum Gasteiger partial charge on any atom is -0.326 e. The molecule has 0 aliphatic rings. The first-order valence-electron chi connectivity index (χ1n) is 9.28. The van der Waals surface area contributed by atoms with Crippen LogP contribution in [0.4, 0.5) is 24.0 Å². The van der Waals surface area contributed by atoms with Gasteiger partial charge >= 0.3 is 6.18 Å². The van der Waals surface area contributed by atoms with Crippen molar-refractivity contribution < 1.29 is 22.8 Å². The molecule has 0 aliphatic heterocycles. The van der Waals surface area contributed by atoms with Crippen molar-refractivity contribution in [2.45, 2.75) is 36.9 Å². The molecule has 170 valence electrons. The molecule has 0 aliphatic carbocycles. The molecule has 0 saturated heterocycles.